The Morgan fingerprint density at radius 3 is 1.44 bits per heavy atom. The fourth-order valence-electron chi connectivity index (χ4n) is 5.93. The number of esters is 1. The number of rotatable bonds is 37. The molecule has 0 aromatic carbocycles. The second kappa shape index (κ2) is 39.3. The fraction of sp³-hybridized carbons (Fsp3) is 0.773. The van der Waals surface area contributed by atoms with Gasteiger partial charge in [0.15, 0.2) is 0 Å². The Bertz CT molecular complexity index is 809. The number of hydrogen-bond acceptors (Lipinski definition) is 3. The van der Waals surface area contributed by atoms with Gasteiger partial charge in [-0.15, -0.1) is 0 Å². The second-order valence-corrected chi connectivity index (χ2v) is 13.8. The molecule has 4 nitrogen and oxygen atoms in total. The van der Waals surface area contributed by atoms with Crippen LogP contribution in [0.3, 0.4) is 0 Å². The van der Waals surface area contributed by atoms with Gasteiger partial charge in [0.2, 0.25) is 0 Å². The molecule has 0 aliphatic carbocycles. The molecule has 0 saturated heterocycles. The van der Waals surface area contributed by atoms with E-state index in [9.17, 15) is 9.59 Å². The van der Waals surface area contributed by atoms with Crippen LogP contribution < -0.4 is 0 Å². The van der Waals surface area contributed by atoms with Crippen LogP contribution in [0.2, 0.25) is 0 Å². The van der Waals surface area contributed by atoms with Gasteiger partial charge in [-0.05, 0) is 83.1 Å². The van der Waals surface area contributed by atoms with E-state index < -0.39 is 5.97 Å². The predicted molar refractivity (Wildman–Crippen MR) is 209 cm³/mol. The minimum absolute atomic E-state index is 0.0733. The molecule has 0 aliphatic heterocycles. The van der Waals surface area contributed by atoms with Crippen LogP contribution in [0.15, 0.2) is 48.6 Å². The number of carboxylic acid groups (broad SMARTS) is 1. The molecule has 278 valence electrons. The maximum atomic E-state index is 12.6. The van der Waals surface area contributed by atoms with Crippen LogP contribution in [0.1, 0.15) is 213 Å². The van der Waals surface area contributed by atoms with Crippen LogP contribution in [0.5, 0.6) is 0 Å². The minimum Gasteiger partial charge on any atom is -0.481 e. The van der Waals surface area contributed by atoms with Crippen molar-refractivity contribution in [3.63, 3.8) is 0 Å². The van der Waals surface area contributed by atoms with Crippen molar-refractivity contribution in [2.75, 3.05) is 0 Å². The van der Waals surface area contributed by atoms with Crippen molar-refractivity contribution in [1.82, 2.24) is 0 Å². The summed E-state index contributed by atoms with van der Waals surface area (Å²) in [5.74, 6) is -0.789. The third-order valence-electron chi connectivity index (χ3n) is 9.01. The molecule has 0 radical (unpaired) electrons. The molecule has 0 aromatic rings. The van der Waals surface area contributed by atoms with Crippen molar-refractivity contribution in [1.29, 1.82) is 0 Å². The SMILES string of the molecule is CCCCC/C=C\C/C=C\C/C=C\C(CCCCCCCC(=O)O)OC(=O)CCCCCCCCCCC/C=C\CCCCCCCC. The molecule has 48 heavy (non-hydrogen) atoms. The lowest BCUT2D eigenvalue weighted by Gasteiger charge is -2.14. The quantitative estimate of drug-likeness (QED) is 0.0406. The molecule has 0 rings (SSSR count). The Labute approximate surface area is 298 Å². The average molecular weight is 671 g/mol. The molecule has 0 spiro atoms. The molecule has 0 aliphatic rings. The van der Waals surface area contributed by atoms with E-state index in [2.05, 4.69) is 62.5 Å². The highest BCUT2D eigenvalue weighted by atomic mass is 16.5. The molecule has 1 N–H and O–H groups in total. The zero-order valence-electron chi connectivity index (χ0n) is 31.8. The van der Waals surface area contributed by atoms with Gasteiger partial charge in [0.25, 0.3) is 0 Å². The average Bonchev–Trinajstić information content (AvgIpc) is 3.07. The molecule has 4 heteroatoms. The first-order chi connectivity index (χ1) is 23.6. The van der Waals surface area contributed by atoms with Gasteiger partial charge < -0.3 is 9.84 Å². The van der Waals surface area contributed by atoms with E-state index in [1.807, 2.05) is 0 Å². The Balaban J connectivity index is 4.06. The first kappa shape index (κ1) is 45.9. The van der Waals surface area contributed by atoms with Gasteiger partial charge in [-0.1, -0.05) is 166 Å². The van der Waals surface area contributed by atoms with Gasteiger partial charge in [-0.3, -0.25) is 9.59 Å². The number of aliphatic carboxylic acids is 1. The van der Waals surface area contributed by atoms with Crippen LogP contribution in [0.4, 0.5) is 0 Å². The van der Waals surface area contributed by atoms with E-state index >= 15 is 0 Å². The van der Waals surface area contributed by atoms with Crippen molar-refractivity contribution in [2.45, 2.75) is 219 Å². The van der Waals surface area contributed by atoms with E-state index in [0.29, 0.717) is 6.42 Å². The molecule has 0 fully saturated rings. The highest BCUT2D eigenvalue weighted by molar-refractivity contribution is 5.69. The van der Waals surface area contributed by atoms with E-state index in [1.165, 1.54) is 122 Å². The first-order valence-corrected chi connectivity index (χ1v) is 20.6. The van der Waals surface area contributed by atoms with Crippen LogP contribution in [-0.2, 0) is 14.3 Å². The van der Waals surface area contributed by atoms with Crippen LogP contribution in [-0.4, -0.2) is 23.1 Å². The smallest absolute Gasteiger partial charge is 0.306 e. The number of hydrogen-bond donors (Lipinski definition) is 1. The van der Waals surface area contributed by atoms with Crippen molar-refractivity contribution in [3.05, 3.63) is 48.6 Å². The van der Waals surface area contributed by atoms with Gasteiger partial charge in [0.05, 0.1) is 0 Å². The Hall–Kier alpha value is -2.10. The Morgan fingerprint density at radius 2 is 0.875 bits per heavy atom. The lowest BCUT2D eigenvalue weighted by molar-refractivity contribution is -0.147. The number of allylic oxidation sites excluding steroid dienone is 7. The monoisotopic (exact) mass is 671 g/mol. The third kappa shape index (κ3) is 38.3. The molecular formula is C44H78O4. The number of ether oxygens (including phenoxy) is 1. The van der Waals surface area contributed by atoms with Crippen molar-refractivity contribution in [3.8, 4) is 0 Å². The number of carboxylic acids is 1. The summed E-state index contributed by atoms with van der Waals surface area (Å²) in [5, 5.41) is 8.81. The Morgan fingerprint density at radius 1 is 0.479 bits per heavy atom. The van der Waals surface area contributed by atoms with E-state index in [1.54, 1.807) is 0 Å². The summed E-state index contributed by atoms with van der Waals surface area (Å²) < 4.78 is 5.90. The summed E-state index contributed by atoms with van der Waals surface area (Å²) in [6, 6.07) is 0. The molecule has 1 atom stereocenters. The zero-order chi connectivity index (χ0) is 35.0. The number of carbonyl (C=O) groups is 2. The van der Waals surface area contributed by atoms with E-state index in [0.717, 1.165) is 64.2 Å². The largest absolute Gasteiger partial charge is 0.481 e. The molecule has 0 aromatic heterocycles. The summed E-state index contributed by atoms with van der Waals surface area (Å²) in [6.45, 7) is 4.51. The van der Waals surface area contributed by atoms with Gasteiger partial charge in [-0.25, -0.2) is 0 Å². The molecule has 0 amide bonds. The molecule has 1 unspecified atom stereocenters. The topological polar surface area (TPSA) is 63.6 Å². The van der Waals surface area contributed by atoms with Gasteiger partial charge in [-0.2, -0.15) is 0 Å². The molecule has 0 heterocycles. The first-order valence-electron chi connectivity index (χ1n) is 20.6. The molecule has 0 saturated carbocycles. The van der Waals surface area contributed by atoms with Crippen LogP contribution in [0.25, 0.3) is 0 Å². The summed E-state index contributed by atoms with van der Waals surface area (Å²) in [4.78, 5) is 23.3. The highest BCUT2D eigenvalue weighted by Crippen LogP contribution is 2.16. The highest BCUT2D eigenvalue weighted by Gasteiger charge is 2.11. The fourth-order valence-corrected chi connectivity index (χ4v) is 5.93. The molecule has 0 bridgehead atoms. The number of carbonyl (C=O) groups excluding carboxylic acids is 1. The number of unbranched alkanes of at least 4 members (excludes halogenated alkanes) is 22. The summed E-state index contributed by atoms with van der Waals surface area (Å²) >= 11 is 0. The Kier molecular flexibility index (Phi) is 37.6. The van der Waals surface area contributed by atoms with Gasteiger partial charge in [0, 0.05) is 12.8 Å². The van der Waals surface area contributed by atoms with Crippen molar-refractivity contribution < 1.29 is 19.4 Å². The maximum Gasteiger partial charge on any atom is 0.306 e. The van der Waals surface area contributed by atoms with E-state index in [4.69, 9.17) is 9.84 Å². The van der Waals surface area contributed by atoms with Gasteiger partial charge in [0.1, 0.15) is 6.10 Å². The lowest BCUT2D eigenvalue weighted by Crippen LogP contribution is -2.16. The third-order valence-corrected chi connectivity index (χ3v) is 9.01. The standard InChI is InChI=1S/C44H78O4/c1-3-5-7-9-11-13-15-16-17-18-19-20-21-22-24-26-28-33-37-41-44(47)48-42(39-35-31-29-32-36-40-43(45)46)38-34-30-27-25-23-14-12-10-8-6-4-2/h12,14,16-17,25,27,34,38,42H,3-11,13,15,18-24,26,28-33,35-37,39-41H2,1-2H3,(H,45,46)/b14-12-,17-16-,27-25-,38-34-. The maximum absolute atomic E-state index is 12.6. The van der Waals surface area contributed by atoms with Gasteiger partial charge >= 0.3 is 11.9 Å². The zero-order valence-corrected chi connectivity index (χ0v) is 31.8. The minimum atomic E-state index is -0.716. The van der Waals surface area contributed by atoms with Crippen molar-refractivity contribution >= 4 is 11.9 Å². The van der Waals surface area contributed by atoms with Crippen molar-refractivity contribution in [2.24, 2.45) is 0 Å². The summed E-state index contributed by atoms with van der Waals surface area (Å²) in [7, 11) is 0. The van der Waals surface area contributed by atoms with Crippen LogP contribution >= 0.6 is 0 Å². The normalized spacial score (nSPS) is 12.7. The summed E-state index contributed by atoms with van der Waals surface area (Å²) in [5.41, 5.74) is 0. The summed E-state index contributed by atoms with van der Waals surface area (Å²) in [6.07, 6.45) is 52.9. The predicted octanol–water partition coefficient (Wildman–Crippen LogP) is 14.3. The second-order valence-electron chi connectivity index (χ2n) is 13.8. The lowest BCUT2D eigenvalue weighted by atomic mass is 10.1. The molecular weight excluding hydrogens is 592 g/mol. The van der Waals surface area contributed by atoms with Crippen LogP contribution in [0, 0.1) is 0 Å². The van der Waals surface area contributed by atoms with E-state index in [-0.39, 0.29) is 18.5 Å².